The van der Waals surface area contributed by atoms with Gasteiger partial charge in [-0.05, 0) is 60.1 Å². The molecular formula is C29H31NO4S. The van der Waals surface area contributed by atoms with Crippen molar-refractivity contribution in [1.29, 1.82) is 0 Å². The third-order valence-electron chi connectivity index (χ3n) is 7.11. The number of rotatable bonds is 9. The van der Waals surface area contributed by atoms with Crippen molar-refractivity contribution in [1.82, 2.24) is 4.98 Å². The number of aromatic nitrogens is 1. The Balaban J connectivity index is 1.27. The molecule has 1 unspecified atom stereocenters. The van der Waals surface area contributed by atoms with Gasteiger partial charge in [0.1, 0.15) is 5.58 Å². The summed E-state index contributed by atoms with van der Waals surface area (Å²) in [6.07, 6.45) is 11.2. The predicted octanol–water partition coefficient (Wildman–Crippen LogP) is 8.18. The molecule has 0 radical (unpaired) electrons. The van der Waals surface area contributed by atoms with Crippen LogP contribution in [0.15, 0.2) is 58.6 Å². The van der Waals surface area contributed by atoms with Gasteiger partial charge in [-0.1, -0.05) is 62.4 Å². The number of furan rings is 1. The van der Waals surface area contributed by atoms with E-state index < -0.39 is 5.97 Å². The highest BCUT2D eigenvalue weighted by Gasteiger charge is 2.19. The molecule has 5 rings (SSSR count). The molecular weight excluding hydrogens is 458 g/mol. The largest absolute Gasteiger partial charge is 0.475 e. The van der Waals surface area contributed by atoms with Gasteiger partial charge < -0.3 is 14.3 Å². The Morgan fingerprint density at radius 2 is 2.03 bits per heavy atom. The highest BCUT2D eigenvalue weighted by Crippen LogP contribution is 2.34. The molecule has 1 saturated carbocycles. The van der Waals surface area contributed by atoms with Crippen LogP contribution in [0.2, 0.25) is 0 Å². The Bertz CT molecular complexity index is 1290. The standard InChI is InChI=1S/C29H31NO4S/c1-19-13-21(7-11-24(19)22-9-10-23-15-27(29(31)32)34-26(23)14-22)17-33-25(28-16-30-18-35-28)12-8-20-5-3-2-4-6-20/h7,9-11,13-16,18,20,25H,2-6,8,12,17H2,1H3,(H,31,32). The minimum atomic E-state index is -1.06. The SMILES string of the molecule is Cc1cc(COC(CCC2CCCCC2)c2cncs2)ccc1-c1ccc2cc(C(=O)O)oc2c1. The van der Waals surface area contributed by atoms with Crippen molar-refractivity contribution in [2.45, 2.75) is 64.6 Å². The first-order valence-electron chi connectivity index (χ1n) is 12.4. The zero-order chi connectivity index (χ0) is 24.2. The number of nitrogens with zero attached hydrogens (tertiary/aromatic N) is 1. The summed E-state index contributed by atoms with van der Waals surface area (Å²) >= 11 is 1.68. The van der Waals surface area contributed by atoms with Gasteiger partial charge in [0.05, 0.1) is 23.1 Å². The van der Waals surface area contributed by atoms with E-state index in [0.29, 0.717) is 12.2 Å². The van der Waals surface area contributed by atoms with Crippen LogP contribution >= 0.6 is 11.3 Å². The predicted molar refractivity (Wildman–Crippen MR) is 139 cm³/mol. The molecule has 1 aliphatic rings. The first-order chi connectivity index (χ1) is 17.1. The van der Waals surface area contributed by atoms with Gasteiger partial charge in [0.15, 0.2) is 0 Å². The molecule has 1 atom stereocenters. The summed E-state index contributed by atoms with van der Waals surface area (Å²) in [6, 6.07) is 13.8. The van der Waals surface area contributed by atoms with Gasteiger partial charge in [0.25, 0.3) is 0 Å². The molecule has 2 aromatic heterocycles. The number of benzene rings is 2. The van der Waals surface area contributed by atoms with Crippen molar-refractivity contribution in [3.05, 3.63) is 75.9 Å². The van der Waals surface area contributed by atoms with Gasteiger partial charge in [-0.2, -0.15) is 0 Å². The number of carboxylic acids is 1. The lowest BCUT2D eigenvalue weighted by molar-refractivity contribution is 0.0306. The van der Waals surface area contributed by atoms with E-state index in [0.717, 1.165) is 40.0 Å². The van der Waals surface area contributed by atoms with Crippen molar-refractivity contribution in [3.8, 4) is 11.1 Å². The maximum Gasteiger partial charge on any atom is 0.371 e. The second kappa shape index (κ2) is 10.8. The van der Waals surface area contributed by atoms with Crippen LogP contribution in [-0.2, 0) is 11.3 Å². The fourth-order valence-corrected chi connectivity index (χ4v) is 5.90. The molecule has 6 heteroatoms. The fraction of sp³-hybridized carbons (Fsp3) is 0.379. The second-order valence-electron chi connectivity index (χ2n) is 9.60. The number of aromatic carboxylic acids is 1. The number of fused-ring (bicyclic) bond motifs is 1. The van der Waals surface area contributed by atoms with E-state index in [-0.39, 0.29) is 11.9 Å². The minimum absolute atomic E-state index is 0.0413. The number of carboxylic acid groups (broad SMARTS) is 1. The molecule has 5 nitrogen and oxygen atoms in total. The molecule has 1 aliphatic carbocycles. The smallest absolute Gasteiger partial charge is 0.371 e. The molecule has 0 saturated heterocycles. The molecule has 2 heterocycles. The third-order valence-corrected chi connectivity index (χ3v) is 7.98. The van der Waals surface area contributed by atoms with Crippen molar-refractivity contribution in [3.63, 3.8) is 0 Å². The Labute approximate surface area is 209 Å². The summed E-state index contributed by atoms with van der Waals surface area (Å²) in [5.74, 6) is -0.263. The van der Waals surface area contributed by atoms with Crippen molar-refractivity contribution in [2.24, 2.45) is 5.92 Å². The highest BCUT2D eigenvalue weighted by molar-refractivity contribution is 7.09. The lowest BCUT2D eigenvalue weighted by Crippen LogP contribution is -2.10. The lowest BCUT2D eigenvalue weighted by atomic mass is 9.85. The zero-order valence-corrected chi connectivity index (χ0v) is 20.9. The van der Waals surface area contributed by atoms with Crippen LogP contribution in [0, 0.1) is 12.8 Å². The monoisotopic (exact) mass is 489 g/mol. The Morgan fingerprint density at radius 1 is 1.17 bits per heavy atom. The topological polar surface area (TPSA) is 72.6 Å². The summed E-state index contributed by atoms with van der Waals surface area (Å²) in [5, 5.41) is 9.98. The maximum atomic E-state index is 11.2. The van der Waals surface area contributed by atoms with Crippen LogP contribution < -0.4 is 0 Å². The minimum Gasteiger partial charge on any atom is -0.475 e. The Kier molecular flexibility index (Phi) is 7.30. The molecule has 1 fully saturated rings. The molecule has 182 valence electrons. The van der Waals surface area contributed by atoms with E-state index in [9.17, 15) is 9.90 Å². The average molecular weight is 490 g/mol. The molecule has 0 aliphatic heterocycles. The Hall–Kier alpha value is -2.96. The number of aryl methyl sites for hydroxylation is 1. The summed E-state index contributed by atoms with van der Waals surface area (Å²) in [7, 11) is 0. The van der Waals surface area contributed by atoms with Gasteiger partial charge in [-0.3, -0.25) is 4.98 Å². The molecule has 4 aromatic rings. The normalized spacial score (nSPS) is 15.5. The summed E-state index contributed by atoms with van der Waals surface area (Å²) in [5.41, 5.74) is 6.86. The third kappa shape index (κ3) is 5.65. The number of thiazole rings is 1. The molecule has 1 N–H and O–H groups in total. The number of carbonyl (C=O) groups is 1. The molecule has 0 amide bonds. The first-order valence-corrected chi connectivity index (χ1v) is 13.3. The van der Waals surface area contributed by atoms with Gasteiger partial charge in [-0.25, -0.2) is 4.79 Å². The quantitative estimate of drug-likeness (QED) is 0.257. The van der Waals surface area contributed by atoms with Gasteiger partial charge in [0.2, 0.25) is 5.76 Å². The van der Waals surface area contributed by atoms with Gasteiger partial charge in [-0.15, -0.1) is 11.3 Å². The molecule has 2 aromatic carbocycles. The molecule has 35 heavy (non-hydrogen) atoms. The number of ether oxygens (including phenoxy) is 1. The van der Waals surface area contributed by atoms with E-state index in [4.69, 9.17) is 9.15 Å². The van der Waals surface area contributed by atoms with Crippen LogP contribution in [0.3, 0.4) is 0 Å². The van der Waals surface area contributed by atoms with Crippen LogP contribution in [0.25, 0.3) is 22.1 Å². The maximum absolute atomic E-state index is 11.2. The van der Waals surface area contributed by atoms with Crippen molar-refractivity contribution < 1.29 is 19.1 Å². The van der Waals surface area contributed by atoms with E-state index >= 15 is 0 Å². The lowest BCUT2D eigenvalue weighted by Gasteiger charge is -2.24. The molecule has 0 bridgehead atoms. The molecule has 0 spiro atoms. The van der Waals surface area contributed by atoms with E-state index in [2.05, 4.69) is 30.1 Å². The van der Waals surface area contributed by atoms with Crippen LogP contribution in [-0.4, -0.2) is 16.1 Å². The summed E-state index contributed by atoms with van der Waals surface area (Å²) in [6.45, 7) is 2.66. The number of hydrogen-bond acceptors (Lipinski definition) is 5. The summed E-state index contributed by atoms with van der Waals surface area (Å²) < 4.78 is 11.9. The highest BCUT2D eigenvalue weighted by atomic mass is 32.1. The zero-order valence-electron chi connectivity index (χ0n) is 20.0. The van der Waals surface area contributed by atoms with E-state index in [1.54, 1.807) is 17.4 Å². The second-order valence-corrected chi connectivity index (χ2v) is 10.5. The fourth-order valence-electron chi connectivity index (χ4n) is 5.20. The van der Waals surface area contributed by atoms with Crippen LogP contribution in [0.4, 0.5) is 0 Å². The van der Waals surface area contributed by atoms with Gasteiger partial charge in [0, 0.05) is 11.6 Å². The van der Waals surface area contributed by atoms with E-state index in [1.807, 2.05) is 29.9 Å². The van der Waals surface area contributed by atoms with Crippen LogP contribution in [0.5, 0.6) is 0 Å². The van der Waals surface area contributed by atoms with Crippen LogP contribution in [0.1, 0.15) is 77.6 Å². The first kappa shape index (κ1) is 23.8. The number of hydrogen-bond donors (Lipinski definition) is 1. The van der Waals surface area contributed by atoms with E-state index in [1.165, 1.54) is 43.4 Å². The van der Waals surface area contributed by atoms with Crippen molar-refractivity contribution in [2.75, 3.05) is 0 Å². The van der Waals surface area contributed by atoms with Gasteiger partial charge >= 0.3 is 5.97 Å². The van der Waals surface area contributed by atoms with Crippen molar-refractivity contribution >= 4 is 28.3 Å². The Morgan fingerprint density at radius 3 is 2.77 bits per heavy atom. The summed E-state index contributed by atoms with van der Waals surface area (Å²) in [4.78, 5) is 16.7. The average Bonchev–Trinajstić information content (AvgIpc) is 3.55.